The normalized spacial score (nSPS) is 10.8. The molecule has 0 N–H and O–H groups in total. The number of methoxy groups -OCH3 is 2. The summed E-state index contributed by atoms with van der Waals surface area (Å²) in [5, 5.41) is 1.27. The van der Waals surface area contributed by atoms with Gasteiger partial charge in [-0.2, -0.15) is 0 Å². The van der Waals surface area contributed by atoms with E-state index in [0.717, 1.165) is 23.6 Å². The highest BCUT2D eigenvalue weighted by molar-refractivity contribution is 5.81. The first-order valence-corrected chi connectivity index (χ1v) is 6.98. The molecule has 108 valence electrons. The van der Waals surface area contributed by atoms with Crippen molar-refractivity contribution in [3.63, 3.8) is 0 Å². The minimum Gasteiger partial charge on any atom is -0.497 e. The van der Waals surface area contributed by atoms with E-state index in [9.17, 15) is 0 Å². The molecule has 0 saturated carbocycles. The van der Waals surface area contributed by atoms with Crippen LogP contribution in [-0.4, -0.2) is 18.8 Å². The molecule has 2 aromatic carbocycles. The molecule has 0 aliphatic heterocycles. The molecule has 0 unspecified atom stereocenters. The van der Waals surface area contributed by atoms with E-state index in [2.05, 4.69) is 54.0 Å². The quantitative estimate of drug-likeness (QED) is 0.721. The number of benzene rings is 2. The summed E-state index contributed by atoms with van der Waals surface area (Å²) in [7, 11) is 3.35. The first-order chi connectivity index (χ1) is 10.2. The molecule has 0 bridgehead atoms. The largest absolute Gasteiger partial charge is 0.497 e. The van der Waals surface area contributed by atoms with Crippen LogP contribution in [0.15, 0.2) is 48.5 Å². The van der Waals surface area contributed by atoms with Gasteiger partial charge in [-0.15, -0.1) is 0 Å². The van der Waals surface area contributed by atoms with Gasteiger partial charge in [0.1, 0.15) is 11.5 Å². The lowest BCUT2D eigenvalue weighted by molar-refractivity contribution is 0.393. The van der Waals surface area contributed by atoms with Crippen LogP contribution in [0.25, 0.3) is 10.9 Å². The Balaban J connectivity index is 2.04. The molecule has 0 atom stereocenters. The van der Waals surface area contributed by atoms with Gasteiger partial charge in [0, 0.05) is 23.8 Å². The Morgan fingerprint density at radius 2 is 1.57 bits per heavy atom. The maximum atomic E-state index is 5.34. The Morgan fingerprint density at radius 3 is 2.24 bits per heavy atom. The van der Waals surface area contributed by atoms with Gasteiger partial charge in [0.25, 0.3) is 0 Å². The zero-order valence-electron chi connectivity index (χ0n) is 12.6. The Bertz CT molecular complexity index is 752. The fourth-order valence-electron chi connectivity index (χ4n) is 2.70. The Labute approximate surface area is 124 Å². The highest BCUT2D eigenvalue weighted by Crippen LogP contribution is 2.25. The van der Waals surface area contributed by atoms with Crippen LogP contribution in [0.1, 0.15) is 11.3 Å². The number of aryl methyl sites for hydroxylation is 1. The van der Waals surface area contributed by atoms with Crippen molar-refractivity contribution in [2.45, 2.75) is 13.5 Å². The third kappa shape index (κ3) is 2.59. The second-order valence-corrected chi connectivity index (χ2v) is 5.15. The molecule has 0 aliphatic rings. The maximum absolute atomic E-state index is 5.34. The van der Waals surface area contributed by atoms with Crippen molar-refractivity contribution in [3.05, 3.63) is 59.8 Å². The first kappa shape index (κ1) is 13.6. The highest BCUT2D eigenvalue weighted by Gasteiger charge is 2.08. The summed E-state index contributed by atoms with van der Waals surface area (Å²) < 4.78 is 13.0. The first-order valence-electron chi connectivity index (χ1n) is 6.98. The molecule has 0 saturated heterocycles. The van der Waals surface area contributed by atoms with E-state index < -0.39 is 0 Å². The van der Waals surface area contributed by atoms with Crippen molar-refractivity contribution >= 4 is 10.9 Å². The molecule has 0 fully saturated rings. The van der Waals surface area contributed by atoms with Gasteiger partial charge in [-0.05, 0) is 42.1 Å². The lowest BCUT2D eigenvalue weighted by Gasteiger charge is -2.12. The third-order valence-electron chi connectivity index (χ3n) is 3.77. The molecular formula is C18H19NO2. The average molecular weight is 281 g/mol. The molecule has 0 spiro atoms. The van der Waals surface area contributed by atoms with Crippen molar-refractivity contribution in [1.29, 1.82) is 0 Å². The summed E-state index contributed by atoms with van der Waals surface area (Å²) in [5.74, 6) is 1.64. The van der Waals surface area contributed by atoms with E-state index in [4.69, 9.17) is 9.47 Å². The summed E-state index contributed by atoms with van der Waals surface area (Å²) in [6.07, 6.45) is 0. The van der Waals surface area contributed by atoms with Crippen molar-refractivity contribution in [2.75, 3.05) is 14.2 Å². The van der Waals surface area contributed by atoms with Crippen molar-refractivity contribution in [3.8, 4) is 11.5 Å². The zero-order chi connectivity index (χ0) is 14.8. The summed E-state index contributed by atoms with van der Waals surface area (Å²) in [4.78, 5) is 0. The van der Waals surface area contributed by atoms with Crippen LogP contribution in [0, 0.1) is 6.92 Å². The summed E-state index contributed by atoms with van der Waals surface area (Å²) in [6.45, 7) is 2.93. The number of ether oxygens (including phenoxy) is 2. The molecule has 0 radical (unpaired) electrons. The zero-order valence-corrected chi connectivity index (χ0v) is 12.6. The smallest absolute Gasteiger partial charge is 0.122 e. The fourth-order valence-corrected chi connectivity index (χ4v) is 2.70. The number of para-hydroxylation sites is 1. The predicted molar refractivity (Wildman–Crippen MR) is 85.3 cm³/mol. The molecular weight excluding hydrogens is 262 g/mol. The Morgan fingerprint density at radius 1 is 0.905 bits per heavy atom. The minimum absolute atomic E-state index is 0.799. The summed E-state index contributed by atoms with van der Waals surface area (Å²) in [6, 6.07) is 16.7. The van der Waals surface area contributed by atoms with Crippen LogP contribution >= 0.6 is 0 Å². The van der Waals surface area contributed by atoms with Crippen molar-refractivity contribution in [2.24, 2.45) is 0 Å². The van der Waals surface area contributed by atoms with Crippen LogP contribution in [0.2, 0.25) is 0 Å². The van der Waals surface area contributed by atoms with Crippen LogP contribution in [0.5, 0.6) is 11.5 Å². The fraction of sp³-hybridized carbons (Fsp3) is 0.222. The minimum atomic E-state index is 0.799. The van der Waals surface area contributed by atoms with E-state index in [1.807, 2.05) is 6.07 Å². The molecule has 3 aromatic rings. The van der Waals surface area contributed by atoms with Crippen LogP contribution in [0.4, 0.5) is 0 Å². The average Bonchev–Trinajstić information content (AvgIpc) is 2.83. The third-order valence-corrected chi connectivity index (χ3v) is 3.77. The van der Waals surface area contributed by atoms with Gasteiger partial charge >= 0.3 is 0 Å². The van der Waals surface area contributed by atoms with Gasteiger partial charge in [-0.25, -0.2) is 0 Å². The van der Waals surface area contributed by atoms with E-state index in [1.165, 1.54) is 16.6 Å². The van der Waals surface area contributed by atoms with Gasteiger partial charge in [0.2, 0.25) is 0 Å². The Kier molecular flexibility index (Phi) is 3.57. The van der Waals surface area contributed by atoms with Gasteiger partial charge in [0.05, 0.1) is 14.2 Å². The van der Waals surface area contributed by atoms with Gasteiger partial charge in [-0.3, -0.25) is 0 Å². The highest BCUT2D eigenvalue weighted by atomic mass is 16.5. The lowest BCUT2D eigenvalue weighted by Crippen LogP contribution is -2.02. The molecule has 0 amide bonds. The second-order valence-electron chi connectivity index (χ2n) is 5.15. The Hall–Kier alpha value is -2.42. The van der Waals surface area contributed by atoms with Gasteiger partial charge in [0.15, 0.2) is 0 Å². The molecule has 3 rings (SSSR count). The molecule has 1 aromatic heterocycles. The molecule has 0 aliphatic carbocycles. The standard InChI is InChI=1S/C18H19NO2/c1-13-8-15-6-4-5-7-18(15)19(13)12-14-9-16(20-2)11-17(10-14)21-3/h4-11H,12H2,1-3H3. The summed E-state index contributed by atoms with van der Waals surface area (Å²) in [5.41, 5.74) is 3.66. The number of fused-ring (bicyclic) bond motifs is 1. The van der Waals surface area contributed by atoms with E-state index >= 15 is 0 Å². The number of hydrogen-bond donors (Lipinski definition) is 0. The summed E-state index contributed by atoms with van der Waals surface area (Å²) >= 11 is 0. The lowest BCUT2D eigenvalue weighted by atomic mass is 10.2. The molecule has 1 heterocycles. The monoisotopic (exact) mass is 281 g/mol. The molecule has 3 nitrogen and oxygen atoms in total. The maximum Gasteiger partial charge on any atom is 0.122 e. The number of nitrogens with zero attached hydrogens (tertiary/aromatic N) is 1. The second kappa shape index (κ2) is 5.52. The van der Waals surface area contributed by atoms with E-state index in [1.54, 1.807) is 14.2 Å². The molecule has 21 heavy (non-hydrogen) atoms. The SMILES string of the molecule is COc1cc(Cn2c(C)cc3ccccc32)cc(OC)c1. The van der Waals surface area contributed by atoms with Crippen molar-refractivity contribution in [1.82, 2.24) is 4.57 Å². The van der Waals surface area contributed by atoms with Crippen LogP contribution in [-0.2, 0) is 6.54 Å². The van der Waals surface area contributed by atoms with Crippen molar-refractivity contribution < 1.29 is 9.47 Å². The van der Waals surface area contributed by atoms with Crippen LogP contribution < -0.4 is 9.47 Å². The number of hydrogen-bond acceptors (Lipinski definition) is 2. The van der Waals surface area contributed by atoms with Gasteiger partial charge < -0.3 is 14.0 Å². The number of aromatic nitrogens is 1. The predicted octanol–water partition coefficient (Wildman–Crippen LogP) is 4.02. The van der Waals surface area contributed by atoms with Crippen LogP contribution in [0.3, 0.4) is 0 Å². The number of rotatable bonds is 4. The topological polar surface area (TPSA) is 23.4 Å². The molecule has 3 heteroatoms. The van der Waals surface area contributed by atoms with E-state index in [-0.39, 0.29) is 0 Å². The van der Waals surface area contributed by atoms with E-state index in [0.29, 0.717) is 0 Å². The van der Waals surface area contributed by atoms with Gasteiger partial charge in [-0.1, -0.05) is 18.2 Å².